The molecule has 0 fully saturated rings. The number of hydrogen-bond acceptors (Lipinski definition) is 5. The summed E-state index contributed by atoms with van der Waals surface area (Å²) in [6, 6.07) is 0. The van der Waals surface area contributed by atoms with E-state index in [2.05, 4.69) is 15.3 Å². The molecule has 1 amide bonds. The van der Waals surface area contributed by atoms with Gasteiger partial charge in [0.15, 0.2) is 0 Å². The second kappa shape index (κ2) is 6.33. The molecule has 0 bridgehead atoms. The van der Waals surface area contributed by atoms with Crippen LogP contribution < -0.4 is 10.9 Å². The number of imidazole rings is 1. The summed E-state index contributed by atoms with van der Waals surface area (Å²) in [7, 11) is 1.65. The van der Waals surface area contributed by atoms with Gasteiger partial charge in [0.05, 0.1) is 22.9 Å². The summed E-state index contributed by atoms with van der Waals surface area (Å²) in [6.45, 7) is 3.16. The number of thiophene rings is 1. The van der Waals surface area contributed by atoms with E-state index in [0.717, 1.165) is 13.0 Å². The van der Waals surface area contributed by atoms with E-state index in [0.29, 0.717) is 27.2 Å². The van der Waals surface area contributed by atoms with Crippen molar-refractivity contribution < 1.29 is 4.79 Å². The molecule has 0 atom stereocenters. The maximum absolute atomic E-state index is 12.3. The van der Waals surface area contributed by atoms with Gasteiger partial charge in [-0.2, -0.15) is 0 Å². The normalized spacial score (nSPS) is 11.0. The van der Waals surface area contributed by atoms with Gasteiger partial charge in [-0.05, 0) is 18.9 Å². The fourth-order valence-corrected chi connectivity index (χ4v) is 3.44. The van der Waals surface area contributed by atoms with Gasteiger partial charge in [0, 0.05) is 32.5 Å². The lowest BCUT2D eigenvalue weighted by Gasteiger charge is -2.05. The van der Waals surface area contributed by atoms with Gasteiger partial charge in [-0.15, -0.1) is 11.3 Å². The summed E-state index contributed by atoms with van der Waals surface area (Å²) >= 11 is 1.26. The van der Waals surface area contributed by atoms with Crippen LogP contribution in [0.3, 0.4) is 0 Å². The second-order valence-corrected chi connectivity index (χ2v) is 6.31. The van der Waals surface area contributed by atoms with Crippen molar-refractivity contribution in [3.05, 3.63) is 45.8 Å². The molecule has 7 nitrogen and oxygen atoms in total. The Kier molecular flexibility index (Phi) is 4.24. The Morgan fingerprint density at radius 3 is 2.96 bits per heavy atom. The van der Waals surface area contributed by atoms with Crippen LogP contribution in [0.5, 0.6) is 0 Å². The molecular formula is C15H17N5O2S. The summed E-state index contributed by atoms with van der Waals surface area (Å²) in [5.41, 5.74) is 0.578. The van der Waals surface area contributed by atoms with Crippen molar-refractivity contribution in [2.45, 2.75) is 19.9 Å². The summed E-state index contributed by atoms with van der Waals surface area (Å²) in [4.78, 5) is 33.9. The van der Waals surface area contributed by atoms with Gasteiger partial charge < -0.3 is 14.5 Å². The number of rotatable bonds is 5. The molecule has 0 saturated carbocycles. The Morgan fingerprint density at radius 2 is 2.22 bits per heavy atom. The van der Waals surface area contributed by atoms with E-state index in [4.69, 9.17) is 0 Å². The molecule has 0 aliphatic rings. The first kappa shape index (κ1) is 15.4. The van der Waals surface area contributed by atoms with Crippen LogP contribution in [0.15, 0.2) is 29.8 Å². The minimum Gasteiger partial charge on any atom is -0.351 e. The zero-order valence-corrected chi connectivity index (χ0v) is 13.8. The molecule has 23 heavy (non-hydrogen) atoms. The summed E-state index contributed by atoms with van der Waals surface area (Å²) in [6.07, 6.45) is 7.66. The Bertz CT molecular complexity index is 895. The fourth-order valence-electron chi connectivity index (χ4n) is 2.39. The second-order valence-electron chi connectivity index (χ2n) is 5.31. The zero-order chi connectivity index (χ0) is 16.4. The van der Waals surface area contributed by atoms with E-state index in [1.54, 1.807) is 26.5 Å². The number of carbonyl (C=O) groups excluding carboxylic acids is 1. The summed E-state index contributed by atoms with van der Waals surface area (Å²) in [5.74, 6) is -0.154. The Labute approximate surface area is 136 Å². The SMILES string of the molecule is Cc1c(C(=O)NCCCn2ccnc2)sc2ncn(C)c(=O)c12. The molecule has 120 valence electrons. The third-order valence-corrected chi connectivity index (χ3v) is 4.85. The molecule has 0 aromatic carbocycles. The topological polar surface area (TPSA) is 81.8 Å². The van der Waals surface area contributed by atoms with Crippen molar-refractivity contribution in [1.82, 2.24) is 24.4 Å². The van der Waals surface area contributed by atoms with Crippen LogP contribution in [-0.2, 0) is 13.6 Å². The zero-order valence-electron chi connectivity index (χ0n) is 12.9. The molecule has 1 N–H and O–H groups in total. The number of aromatic nitrogens is 4. The maximum Gasteiger partial charge on any atom is 0.262 e. The number of nitrogens with zero attached hydrogens (tertiary/aromatic N) is 4. The van der Waals surface area contributed by atoms with Crippen molar-refractivity contribution in [2.24, 2.45) is 7.05 Å². The minimum absolute atomic E-state index is 0.122. The van der Waals surface area contributed by atoms with E-state index in [9.17, 15) is 9.59 Å². The lowest BCUT2D eigenvalue weighted by molar-refractivity contribution is 0.0956. The Balaban J connectivity index is 1.70. The van der Waals surface area contributed by atoms with E-state index >= 15 is 0 Å². The number of aryl methyl sites for hydroxylation is 3. The van der Waals surface area contributed by atoms with Crippen molar-refractivity contribution in [2.75, 3.05) is 6.54 Å². The smallest absolute Gasteiger partial charge is 0.262 e. The number of amides is 1. The maximum atomic E-state index is 12.3. The van der Waals surface area contributed by atoms with Crippen LogP contribution >= 0.6 is 11.3 Å². The first-order valence-electron chi connectivity index (χ1n) is 7.26. The third kappa shape index (κ3) is 3.02. The molecule has 3 aromatic heterocycles. The molecule has 3 rings (SSSR count). The predicted molar refractivity (Wildman–Crippen MR) is 88.8 cm³/mol. The first-order valence-corrected chi connectivity index (χ1v) is 8.08. The van der Waals surface area contributed by atoms with Gasteiger partial charge in [0.25, 0.3) is 11.5 Å². The average molecular weight is 331 g/mol. The minimum atomic E-state index is -0.154. The Hall–Kier alpha value is -2.48. The van der Waals surface area contributed by atoms with E-state index in [-0.39, 0.29) is 11.5 Å². The van der Waals surface area contributed by atoms with Gasteiger partial charge in [0.2, 0.25) is 0 Å². The monoisotopic (exact) mass is 331 g/mol. The van der Waals surface area contributed by atoms with Gasteiger partial charge in [-0.1, -0.05) is 0 Å². The highest BCUT2D eigenvalue weighted by Gasteiger charge is 2.18. The largest absolute Gasteiger partial charge is 0.351 e. The summed E-state index contributed by atoms with van der Waals surface area (Å²) < 4.78 is 3.39. The van der Waals surface area contributed by atoms with Crippen molar-refractivity contribution >= 4 is 27.5 Å². The molecule has 3 aromatic rings. The van der Waals surface area contributed by atoms with Crippen LogP contribution in [0.1, 0.15) is 21.7 Å². The van der Waals surface area contributed by atoms with Crippen molar-refractivity contribution in [3.8, 4) is 0 Å². The van der Waals surface area contributed by atoms with Gasteiger partial charge in [-0.25, -0.2) is 9.97 Å². The molecule has 0 spiro atoms. The Morgan fingerprint density at radius 1 is 1.39 bits per heavy atom. The van der Waals surface area contributed by atoms with Crippen LogP contribution in [0.25, 0.3) is 10.2 Å². The quantitative estimate of drug-likeness (QED) is 0.715. The van der Waals surface area contributed by atoms with E-state index < -0.39 is 0 Å². The number of fused-ring (bicyclic) bond motifs is 1. The van der Waals surface area contributed by atoms with Crippen LogP contribution in [0.2, 0.25) is 0 Å². The molecule has 0 aliphatic carbocycles. The average Bonchev–Trinajstić information content (AvgIpc) is 3.15. The molecule has 0 aliphatic heterocycles. The predicted octanol–water partition coefficient (Wildman–Crippen LogP) is 1.32. The van der Waals surface area contributed by atoms with E-state index in [1.807, 2.05) is 10.8 Å². The highest BCUT2D eigenvalue weighted by atomic mass is 32.1. The lowest BCUT2D eigenvalue weighted by atomic mass is 10.2. The van der Waals surface area contributed by atoms with Crippen LogP contribution in [0, 0.1) is 6.92 Å². The summed E-state index contributed by atoms with van der Waals surface area (Å²) in [5, 5.41) is 3.43. The van der Waals surface area contributed by atoms with Gasteiger partial charge in [0.1, 0.15) is 4.83 Å². The van der Waals surface area contributed by atoms with Crippen molar-refractivity contribution in [3.63, 3.8) is 0 Å². The third-order valence-electron chi connectivity index (χ3n) is 3.65. The molecule has 0 radical (unpaired) electrons. The highest BCUT2D eigenvalue weighted by molar-refractivity contribution is 7.20. The van der Waals surface area contributed by atoms with Crippen LogP contribution in [-0.4, -0.2) is 31.6 Å². The molecular weight excluding hydrogens is 314 g/mol. The standard InChI is InChI=1S/C15H17N5O2S/c1-10-11-14(18-9-19(2)15(11)22)23-12(10)13(21)17-4-3-6-20-7-5-16-8-20/h5,7-9H,3-4,6H2,1-2H3,(H,17,21). The van der Waals surface area contributed by atoms with Gasteiger partial charge in [-0.3, -0.25) is 9.59 Å². The van der Waals surface area contributed by atoms with Crippen molar-refractivity contribution in [1.29, 1.82) is 0 Å². The molecule has 0 saturated heterocycles. The first-order chi connectivity index (χ1) is 11.1. The van der Waals surface area contributed by atoms with Gasteiger partial charge >= 0.3 is 0 Å². The fraction of sp³-hybridized carbons (Fsp3) is 0.333. The number of carbonyl (C=O) groups is 1. The number of hydrogen-bond donors (Lipinski definition) is 1. The van der Waals surface area contributed by atoms with E-state index in [1.165, 1.54) is 22.2 Å². The lowest BCUT2D eigenvalue weighted by Crippen LogP contribution is -2.25. The number of nitrogens with one attached hydrogen (secondary N) is 1. The van der Waals surface area contributed by atoms with Crippen LogP contribution in [0.4, 0.5) is 0 Å². The molecule has 0 unspecified atom stereocenters. The molecule has 3 heterocycles. The molecule has 8 heteroatoms. The highest BCUT2D eigenvalue weighted by Crippen LogP contribution is 2.26.